The number of rotatable bonds is 0. The summed E-state index contributed by atoms with van der Waals surface area (Å²) in [4.78, 5) is 26.9. The minimum absolute atomic E-state index is 0.404. The number of hydrogen-bond acceptors (Lipinski definition) is 4. The van der Waals surface area contributed by atoms with Gasteiger partial charge in [-0.2, -0.15) is 0 Å². The van der Waals surface area contributed by atoms with Crippen LogP contribution in [0.2, 0.25) is 0 Å². The molecular weight excluding hydrogens is 208 g/mol. The highest BCUT2D eigenvalue weighted by Gasteiger charge is 2.37. The van der Waals surface area contributed by atoms with Gasteiger partial charge in [0.15, 0.2) is 0 Å². The Bertz CT molecular complexity index is 306. The van der Waals surface area contributed by atoms with Crippen LogP contribution in [0.1, 0.15) is 19.3 Å². The van der Waals surface area contributed by atoms with Crippen LogP contribution in [0.15, 0.2) is 0 Å². The summed E-state index contributed by atoms with van der Waals surface area (Å²) in [5.41, 5.74) is 0. The summed E-state index contributed by atoms with van der Waals surface area (Å²) in [6.07, 6.45) is 3.28. The Kier molecular flexibility index (Phi) is 3.14. The molecule has 2 rings (SSSR count). The average Bonchev–Trinajstić information content (AvgIpc) is 2.51. The molecule has 0 N–H and O–H groups in total. The van der Waals surface area contributed by atoms with E-state index in [0.29, 0.717) is 25.2 Å². The Morgan fingerprint density at radius 3 is 2.56 bits per heavy atom. The van der Waals surface area contributed by atoms with E-state index < -0.39 is 11.9 Å². The van der Waals surface area contributed by atoms with E-state index in [-0.39, 0.29) is 0 Å². The van der Waals surface area contributed by atoms with Gasteiger partial charge in [-0.25, -0.2) is 4.79 Å². The molecule has 0 spiro atoms. The van der Waals surface area contributed by atoms with Crippen LogP contribution in [0.25, 0.3) is 0 Å². The summed E-state index contributed by atoms with van der Waals surface area (Å²) >= 11 is 0. The fraction of sp³-hybridized carbons (Fsp3) is 0.818. The summed E-state index contributed by atoms with van der Waals surface area (Å²) in [6.45, 7) is 1.32. The Hall–Kier alpha value is -1.10. The third-order valence-electron chi connectivity index (χ3n) is 3.80. The lowest BCUT2D eigenvalue weighted by atomic mass is 10.1. The molecule has 2 heterocycles. The van der Waals surface area contributed by atoms with Gasteiger partial charge in [-0.05, 0) is 26.3 Å². The van der Waals surface area contributed by atoms with Crippen molar-refractivity contribution in [2.24, 2.45) is 0 Å². The van der Waals surface area contributed by atoms with Crippen LogP contribution < -0.4 is 0 Å². The fourth-order valence-electron chi connectivity index (χ4n) is 2.71. The first-order valence-electron chi connectivity index (χ1n) is 5.72. The molecule has 0 aromatic heterocycles. The van der Waals surface area contributed by atoms with E-state index in [2.05, 4.69) is 16.7 Å². The largest absolute Gasteiger partial charge is 0.462 e. The normalized spacial score (nSPS) is 30.0. The highest BCUT2D eigenvalue weighted by molar-refractivity contribution is 6.32. The highest BCUT2D eigenvalue weighted by Crippen LogP contribution is 2.28. The van der Waals surface area contributed by atoms with Crippen molar-refractivity contribution in [3.05, 3.63) is 0 Å². The van der Waals surface area contributed by atoms with Gasteiger partial charge in [0.2, 0.25) is 0 Å². The number of carbonyl (C=O) groups excluding carboxylic acids is 2. The molecule has 0 aliphatic carbocycles. The SMILES string of the molecule is COC(=O)C(=O)N1CCC2CCC(C1)N2C. The summed E-state index contributed by atoms with van der Waals surface area (Å²) in [5, 5.41) is 0. The van der Waals surface area contributed by atoms with Crippen LogP contribution in [0.4, 0.5) is 0 Å². The maximum absolute atomic E-state index is 11.7. The predicted molar refractivity (Wildman–Crippen MR) is 57.8 cm³/mol. The molecule has 2 bridgehead atoms. The molecule has 2 aliphatic rings. The van der Waals surface area contributed by atoms with Gasteiger partial charge in [-0.1, -0.05) is 0 Å². The van der Waals surface area contributed by atoms with Gasteiger partial charge < -0.3 is 9.64 Å². The van der Waals surface area contributed by atoms with Crippen molar-refractivity contribution in [2.75, 3.05) is 27.2 Å². The number of ether oxygens (including phenoxy) is 1. The smallest absolute Gasteiger partial charge is 0.396 e. The van der Waals surface area contributed by atoms with E-state index in [0.717, 1.165) is 12.8 Å². The number of amides is 1. The first-order chi connectivity index (χ1) is 7.63. The monoisotopic (exact) mass is 226 g/mol. The highest BCUT2D eigenvalue weighted by atomic mass is 16.5. The van der Waals surface area contributed by atoms with Crippen LogP contribution in [0.5, 0.6) is 0 Å². The zero-order valence-electron chi connectivity index (χ0n) is 9.81. The predicted octanol–water partition coefficient (Wildman–Crippen LogP) is -0.146. The van der Waals surface area contributed by atoms with Crippen LogP contribution in [0.3, 0.4) is 0 Å². The van der Waals surface area contributed by atoms with Gasteiger partial charge >= 0.3 is 11.9 Å². The molecule has 2 atom stereocenters. The molecule has 90 valence electrons. The number of esters is 1. The Balaban J connectivity index is 2.03. The fourth-order valence-corrected chi connectivity index (χ4v) is 2.71. The third-order valence-corrected chi connectivity index (χ3v) is 3.80. The van der Waals surface area contributed by atoms with Gasteiger partial charge in [0.05, 0.1) is 7.11 Å². The van der Waals surface area contributed by atoms with E-state index in [1.165, 1.54) is 13.5 Å². The van der Waals surface area contributed by atoms with E-state index in [1.807, 2.05) is 0 Å². The molecule has 0 aromatic carbocycles. The summed E-state index contributed by atoms with van der Waals surface area (Å²) in [6, 6.07) is 0.974. The average molecular weight is 226 g/mol. The van der Waals surface area contributed by atoms with Crippen LogP contribution in [-0.4, -0.2) is 61.0 Å². The van der Waals surface area contributed by atoms with E-state index >= 15 is 0 Å². The number of carbonyl (C=O) groups is 2. The second-order valence-corrected chi connectivity index (χ2v) is 4.58. The standard InChI is InChI=1S/C11H18N2O3/c1-12-8-3-4-9(12)7-13(6-5-8)10(14)11(15)16-2/h8-9H,3-7H2,1-2H3. The van der Waals surface area contributed by atoms with Gasteiger partial charge in [-0.15, -0.1) is 0 Å². The molecule has 0 aromatic rings. The number of likely N-dealkylation sites (N-methyl/N-ethyl adjacent to an activating group) is 1. The molecule has 2 aliphatic heterocycles. The zero-order valence-corrected chi connectivity index (χ0v) is 9.81. The Labute approximate surface area is 95.3 Å². The van der Waals surface area contributed by atoms with Gasteiger partial charge in [0, 0.05) is 25.2 Å². The second kappa shape index (κ2) is 4.41. The Morgan fingerprint density at radius 2 is 1.88 bits per heavy atom. The topological polar surface area (TPSA) is 49.9 Å². The van der Waals surface area contributed by atoms with E-state index in [9.17, 15) is 9.59 Å². The molecule has 0 saturated carbocycles. The molecule has 16 heavy (non-hydrogen) atoms. The number of nitrogens with zero attached hydrogens (tertiary/aromatic N) is 2. The molecule has 5 heteroatoms. The van der Waals surface area contributed by atoms with Crippen molar-refractivity contribution in [3.8, 4) is 0 Å². The van der Waals surface area contributed by atoms with Crippen LogP contribution in [0, 0.1) is 0 Å². The lowest BCUT2D eigenvalue weighted by Gasteiger charge is -2.24. The van der Waals surface area contributed by atoms with Crippen molar-refractivity contribution in [3.63, 3.8) is 0 Å². The number of hydrogen-bond donors (Lipinski definition) is 0. The van der Waals surface area contributed by atoms with Gasteiger partial charge in [0.25, 0.3) is 0 Å². The molecule has 1 amide bonds. The van der Waals surface area contributed by atoms with Crippen molar-refractivity contribution in [1.82, 2.24) is 9.80 Å². The van der Waals surface area contributed by atoms with Crippen molar-refractivity contribution < 1.29 is 14.3 Å². The minimum Gasteiger partial charge on any atom is -0.462 e. The molecule has 0 radical (unpaired) electrons. The maximum Gasteiger partial charge on any atom is 0.396 e. The van der Waals surface area contributed by atoms with Gasteiger partial charge in [-0.3, -0.25) is 9.69 Å². The summed E-state index contributed by atoms with van der Waals surface area (Å²) < 4.78 is 4.47. The molecular formula is C11H18N2O3. The van der Waals surface area contributed by atoms with Crippen molar-refractivity contribution in [1.29, 1.82) is 0 Å². The summed E-state index contributed by atoms with van der Waals surface area (Å²) in [7, 11) is 3.35. The van der Waals surface area contributed by atoms with E-state index in [1.54, 1.807) is 4.90 Å². The molecule has 2 saturated heterocycles. The lowest BCUT2D eigenvalue weighted by molar-refractivity contribution is -0.158. The quantitative estimate of drug-likeness (QED) is 0.426. The van der Waals surface area contributed by atoms with Crippen molar-refractivity contribution >= 4 is 11.9 Å². The van der Waals surface area contributed by atoms with Crippen molar-refractivity contribution in [2.45, 2.75) is 31.3 Å². The van der Waals surface area contributed by atoms with E-state index in [4.69, 9.17) is 0 Å². The number of likely N-dealkylation sites (tertiary alicyclic amines) is 1. The molecule has 5 nitrogen and oxygen atoms in total. The molecule has 2 fully saturated rings. The third kappa shape index (κ3) is 1.91. The zero-order chi connectivity index (χ0) is 11.7. The number of fused-ring (bicyclic) bond motifs is 2. The summed E-state index contributed by atoms with van der Waals surface area (Å²) in [5.74, 6) is -1.25. The minimum atomic E-state index is -0.750. The first kappa shape index (κ1) is 11.4. The van der Waals surface area contributed by atoms with Gasteiger partial charge in [0.1, 0.15) is 0 Å². The lowest BCUT2D eigenvalue weighted by Crippen LogP contribution is -2.43. The Morgan fingerprint density at radius 1 is 1.19 bits per heavy atom. The van der Waals surface area contributed by atoms with Crippen LogP contribution in [-0.2, 0) is 14.3 Å². The first-order valence-corrected chi connectivity index (χ1v) is 5.72. The second-order valence-electron chi connectivity index (χ2n) is 4.58. The maximum atomic E-state index is 11.7. The molecule has 2 unspecified atom stereocenters. The number of methoxy groups -OCH3 is 1. The van der Waals surface area contributed by atoms with Crippen LogP contribution >= 0.6 is 0 Å².